The predicted octanol–water partition coefficient (Wildman–Crippen LogP) is 3.50. The van der Waals surface area contributed by atoms with Crippen LogP contribution >= 0.6 is 0 Å². The van der Waals surface area contributed by atoms with Gasteiger partial charge < -0.3 is 10.6 Å². The van der Waals surface area contributed by atoms with E-state index in [4.69, 9.17) is 5.73 Å². The molecule has 1 amide bonds. The summed E-state index contributed by atoms with van der Waals surface area (Å²) in [5, 5.41) is 0. The highest BCUT2D eigenvalue weighted by Crippen LogP contribution is 2.23. The quantitative estimate of drug-likeness (QED) is 0.924. The number of nitrogens with zero attached hydrogens (tertiary/aromatic N) is 1. The van der Waals surface area contributed by atoms with Crippen molar-refractivity contribution in [1.82, 2.24) is 4.90 Å². The van der Waals surface area contributed by atoms with Gasteiger partial charge in [0.1, 0.15) is 0 Å². The highest BCUT2D eigenvalue weighted by molar-refractivity contribution is 5.76. The first-order valence-electron chi connectivity index (χ1n) is 8.90. The number of piperidine rings is 1. The van der Waals surface area contributed by atoms with E-state index in [1.807, 2.05) is 4.90 Å². The van der Waals surface area contributed by atoms with Crippen LogP contribution in [0.5, 0.6) is 0 Å². The van der Waals surface area contributed by atoms with Gasteiger partial charge in [0.2, 0.25) is 5.91 Å². The molecule has 2 N–H and O–H groups in total. The third-order valence-corrected chi connectivity index (χ3v) is 5.00. The van der Waals surface area contributed by atoms with Gasteiger partial charge in [0.15, 0.2) is 0 Å². The van der Waals surface area contributed by atoms with Gasteiger partial charge in [0.25, 0.3) is 0 Å². The molecule has 0 spiro atoms. The van der Waals surface area contributed by atoms with Crippen LogP contribution in [0, 0.1) is 5.92 Å². The number of aryl methyl sites for hydroxylation is 1. The average Bonchev–Trinajstić information content (AvgIpc) is 2.52. The molecule has 23 heavy (non-hydrogen) atoms. The van der Waals surface area contributed by atoms with Crippen LogP contribution in [0.4, 0.5) is 0 Å². The smallest absolute Gasteiger partial charge is 0.222 e. The summed E-state index contributed by atoms with van der Waals surface area (Å²) < 4.78 is 0. The number of rotatable bonds is 4. The molecule has 1 aromatic rings. The van der Waals surface area contributed by atoms with Gasteiger partial charge >= 0.3 is 0 Å². The molecule has 2 unspecified atom stereocenters. The molecule has 2 atom stereocenters. The van der Waals surface area contributed by atoms with Crippen molar-refractivity contribution < 1.29 is 4.79 Å². The fourth-order valence-corrected chi connectivity index (χ4v) is 3.25. The van der Waals surface area contributed by atoms with E-state index in [2.05, 4.69) is 52.0 Å². The maximum absolute atomic E-state index is 12.5. The first-order valence-corrected chi connectivity index (χ1v) is 8.90. The Kier molecular flexibility index (Phi) is 5.85. The zero-order valence-corrected chi connectivity index (χ0v) is 15.1. The minimum atomic E-state index is 0.176. The van der Waals surface area contributed by atoms with Crippen molar-refractivity contribution in [2.75, 3.05) is 13.1 Å². The Morgan fingerprint density at radius 3 is 2.52 bits per heavy atom. The molecule has 0 aromatic heterocycles. The Balaban J connectivity index is 1.86. The van der Waals surface area contributed by atoms with Crippen molar-refractivity contribution in [3.8, 4) is 0 Å². The van der Waals surface area contributed by atoms with Gasteiger partial charge in [-0.05, 0) is 48.6 Å². The summed E-state index contributed by atoms with van der Waals surface area (Å²) in [6, 6.07) is 8.87. The topological polar surface area (TPSA) is 46.3 Å². The van der Waals surface area contributed by atoms with E-state index in [1.54, 1.807) is 0 Å². The second-order valence-corrected chi connectivity index (χ2v) is 8.05. The van der Waals surface area contributed by atoms with Crippen molar-refractivity contribution in [2.45, 2.75) is 64.8 Å². The van der Waals surface area contributed by atoms with Crippen LogP contribution in [0.3, 0.4) is 0 Å². The van der Waals surface area contributed by atoms with Crippen molar-refractivity contribution in [3.05, 3.63) is 35.4 Å². The van der Waals surface area contributed by atoms with E-state index in [9.17, 15) is 4.79 Å². The van der Waals surface area contributed by atoms with Gasteiger partial charge in [0.05, 0.1) is 0 Å². The van der Waals surface area contributed by atoms with Crippen molar-refractivity contribution in [1.29, 1.82) is 0 Å². The molecular weight excluding hydrogens is 284 g/mol. The van der Waals surface area contributed by atoms with Crippen LogP contribution in [-0.4, -0.2) is 29.9 Å². The first kappa shape index (κ1) is 18.0. The number of amides is 1. The van der Waals surface area contributed by atoms with E-state index in [1.165, 1.54) is 11.1 Å². The summed E-state index contributed by atoms with van der Waals surface area (Å²) in [4.78, 5) is 14.5. The number of hydrogen-bond donors (Lipinski definition) is 1. The third-order valence-electron chi connectivity index (χ3n) is 5.00. The van der Waals surface area contributed by atoms with Crippen LogP contribution in [-0.2, 0) is 16.6 Å². The molecule has 0 saturated carbocycles. The molecule has 3 nitrogen and oxygen atoms in total. The summed E-state index contributed by atoms with van der Waals surface area (Å²) in [6.45, 7) is 10.4. The number of hydrogen-bond acceptors (Lipinski definition) is 2. The summed E-state index contributed by atoms with van der Waals surface area (Å²) in [5.41, 5.74) is 8.76. The molecule has 0 radical (unpaired) electrons. The largest absolute Gasteiger partial charge is 0.342 e. The van der Waals surface area contributed by atoms with E-state index in [-0.39, 0.29) is 17.4 Å². The Morgan fingerprint density at radius 1 is 1.30 bits per heavy atom. The Hall–Kier alpha value is -1.35. The highest BCUT2D eigenvalue weighted by Gasteiger charge is 2.25. The normalized spacial score (nSPS) is 20.4. The Bertz CT molecular complexity index is 513. The van der Waals surface area contributed by atoms with Gasteiger partial charge in [-0.15, -0.1) is 0 Å². The molecule has 1 heterocycles. The lowest BCUT2D eigenvalue weighted by Gasteiger charge is -2.34. The van der Waals surface area contributed by atoms with E-state index >= 15 is 0 Å². The van der Waals surface area contributed by atoms with Crippen molar-refractivity contribution in [3.63, 3.8) is 0 Å². The summed E-state index contributed by atoms with van der Waals surface area (Å²) in [7, 11) is 0. The van der Waals surface area contributed by atoms with Crippen LogP contribution in [0.25, 0.3) is 0 Å². The first-order chi connectivity index (χ1) is 10.8. The summed E-state index contributed by atoms with van der Waals surface area (Å²) in [6.07, 6.45) is 3.65. The maximum Gasteiger partial charge on any atom is 0.222 e. The van der Waals surface area contributed by atoms with E-state index in [0.29, 0.717) is 12.3 Å². The summed E-state index contributed by atoms with van der Waals surface area (Å²) >= 11 is 0. The average molecular weight is 316 g/mol. The fraction of sp³-hybridized carbons (Fsp3) is 0.650. The summed E-state index contributed by atoms with van der Waals surface area (Å²) in [5.74, 6) is 0.731. The molecule has 0 aliphatic carbocycles. The molecule has 2 rings (SSSR count). The molecule has 1 aromatic carbocycles. The molecule has 1 saturated heterocycles. The monoisotopic (exact) mass is 316 g/mol. The van der Waals surface area contributed by atoms with Crippen LogP contribution in [0.1, 0.15) is 58.1 Å². The zero-order chi connectivity index (χ0) is 17.0. The minimum absolute atomic E-state index is 0.176. The standard InChI is InChI=1S/C20H32N2O/c1-15(21)17-6-5-13-22(14-17)19(23)12-9-16-7-10-18(11-8-16)20(2,3)4/h7-8,10-11,15,17H,5-6,9,12-14,21H2,1-4H3. The van der Waals surface area contributed by atoms with Crippen LogP contribution in [0.2, 0.25) is 0 Å². The van der Waals surface area contributed by atoms with Gasteiger partial charge in [-0.3, -0.25) is 4.79 Å². The molecule has 1 aliphatic heterocycles. The van der Waals surface area contributed by atoms with Crippen molar-refractivity contribution >= 4 is 5.91 Å². The van der Waals surface area contributed by atoms with Crippen LogP contribution in [0.15, 0.2) is 24.3 Å². The number of carbonyl (C=O) groups excluding carboxylic acids is 1. The van der Waals surface area contributed by atoms with E-state index in [0.717, 1.165) is 32.4 Å². The molecule has 1 fully saturated rings. The Labute approximate surface area is 141 Å². The second kappa shape index (κ2) is 7.48. The predicted molar refractivity (Wildman–Crippen MR) is 96.4 cm³/mol. The lowest BCUT2D eigenvalue weighted by molar-refractivity contribution is -0.133. The molecule has 3 heteroatoms. The third kappa shape index (κ3) is 5.07. The molecule has 0 bridgehead atoms. The molecule has 128 valence electrons. The van der Waals surface area contributed by atoms with Gasteiger partial charge in [-0.2, -0.15) is 0 Å². The van der Waals surface area contributed by atoms with Gasteiger partial charge in [-0.1, -0.05) is 45.0 Å². The molecule has 1 aliphatic rings. The second-order valence-electron chi connectivity index (χ2n) is 8.05. The minimum Gasteiger partial charge on any atom is -0.342 e. The van der Waals surface area contributed by atoms with E-state index < -0.39 is 0 Å². The van der Waals surface area contributed by atoms with Gasteiger partial charge in [-0.25, -0.2) is 0 Å². The fourth-order valence-electron chi connectivity index (χ4n) is 3.25. The molecular formula is C20H32N2O. The number of likely N-dealkylation sites (tertiary alicyclic amines) is 1. The van der Waals surface area contributed by atoms with Gasteiger partial charge in [0, 0.05) is 25.6 Å². The SMILES string of the molecule is CC(N)C1CCCN(C(=O)CCc2ccc(C(C)(C)C)cc2)C1. The van der Waals surface area contributed by atoms with Crippen LogP contribution < -0.4 is 5.73 Å². The maximum atomic E-state index is 12.5. The Morgan fingerprint density at radius 2 is 1.96 bits per heavy atom. The zero-order valence-electron chi connectivity index (χ0n) is 15.1. The lowest BCUT2D eigenvalue weighted by Crippen LogP contribution is -2.45. The lowest BCUT2D eigenvalue weighted by atomic mass is 9.86. The number of carbonyl (C=O) groups is 1. The number of benzene rings is 1. The number of nitrogens with two attached hydrogens (primary N) is 1. The highest BCUT2D eigenvalue weighted by atomic mass is 16.2. The van der Waals surface area contributed by atoms with Crippen molar-refractivity contribution in [2.24, 2.45) is 11.7 Å².